The van der Waals surface area contributed by atoms with Gasteiger partial charge in [-0.1, -0.05) is 37.6 Å². The van der Waals surface area contributed by atoms with Crippen molar-refractivity contribution in [3.05, 3.63) is 35.4 Å². The maximum absolute atomic E-state index is 5.54. The third-order valence-corrected chi connectivity index (χ3v) is 2.16. The highest BCUT2D eigenvalue weighted by Gasteiger charge is 1.95. The molecule has 0 fully saturated rings. The van der Waals surface area contributed by atoms with Crippen molar-refractivity contribution in [2.75, 3.05) is 6.61 Å². The van der Waals surface area contributed by atoms with Gasteiger partial charge >= 0.3 is 0 Å². The summed E-state index contributed by atoms with van der Waals surface area (Å²) in [5.41, 5.74) is 2.62. The first kappa shape index (κ1) is 10.3. The molecule has 13 heavy (non-hydrogen) atoms. The summed E-state index contributed by atoms with van der Waals surface area (Å²) >= 11 is 0. The Hall–Kier alpha value is -0.820. The van der Waals surface area contributed by atoms with Crippen molar-refractivity contribution in [3.63, 3.8) is 0 Å². The topological polar surface area (TPSA) is 9.23 Å². The van der Waals surface area contributed by atoms with Crippen LogP contribution < -0.4 is 0 Å². The summed E-state index contributed by atoms with van der Waals surface area (Å²) in [6.45, 7) is 5.94. The first-order valence-electron chi connectivity index (χ1n) is 4.97. The lowest BCUT2D eigenvalue weighted by Crippen LogP contribution is -1.96. The first-order valence-corrected chi connectivity index (χ1v) is 4.97. The van der Waals surface area contributed by atoms with Gasteiger partial charge in [0.2, 0.25) is 0 Å². The van der Waals surface area contributed by atoms with Gasteiger partial charge in [-0.25, -0.2) is 0 Å². The molecule has 0 unspecified atom stereocenters. The van der Waals surface area contributed by atoms with Gasteiger partial charge in [-0.05, 0) is 24.5 Å². The molecule has 0 atom stereocenters. The number of unbranched alkanes of at least 4 members (excludes halogenated alkanes) is 1. The Morgan fingerprint density at radius 3 is 2.69 bits per heavy atom. The van der Waals surface area contributed by atoms with E-state index >= 15 is 0 Å². The lowest BCUT2D eigenvalue weighted by atomic mass is 10.1. The zero-order valence-electron chi connectivity index (χ0n) is 8.55. The maximum atomic E-state index is 5.54. The Kier molecular flexibility index (Phi) is 4.55. The number of hydrogen-bond donors (Lipinski definition) is 0. The number of aryl methyl sites for hydroxylation is 1. The first-order chi connectivity index (χ1) is 6.34. The largest absolute Gasteiger partial charge is 0.377 e. The lowest BCUT2D eigenvalue weighted by molar-refractivity contribution is 0.117. The smallest absolute Gasteiger partial charge is 0.0719 e. The van der Waals surface area contributed by atoms with E-state index in [-0.39, 0.29) is 0 Å². The third kappa shape index (κ3) is 3.60. The molecule has 0 aliphatic carbocycles. The van der Waals surface area contributed by atoms with Gasteiger partial charge in [0.25, 0.3) is 0 Å². The second-order valence-corrected chi connectivity index (χ2v) is 3.33. The van der Waals surface area contributed by atoms with E-state index in [2.05, 4.69) is 38.1 Å². The molecule has 0 spiro atoms. The number of benzene rings is 1. The Morgan fingerprint density at radius 2 is 2.00 bits per heavy atom. The maximum Gasteiger partial charge on any atom is 0.0719 e. The van der Waals surface area contributed by atoms with Crippen molar-refractivity contribution in [1.29, 1.82) is 0 Å². The molecule has 0 aliphatic heterocycles. The predicted molar refractivity (Wildman–Crippen MR) is 55.7 cm³/mol. The van der Waals surface area contributed by atoms with Crippen LogP contribution in [0.4, 0.5) is 0 Å². The van der Waals surface area contributed by atoms with Crippen LogP contribution in [0, 0.1) is 6.92 Å². The molecule has 0 N–H and O–H groups in total. The van der Waals surface area contributed by atoms with Crippen molar-refractivity contribution >= 4 is 0 Å². The molecule has 1 aromatic carbocycles. The van der Waals surface area contributed by atoms with Crippen molar-refractivity contribution in [1.82, 2.24) is 0 Å². The van der Waals surface area contributed by atoms with Crippen LogP contribution in [0.3, 0.4) is 0 Å². The number of ether oxygens (including phenoxy) is 1. The Balaban J connectivity index is 2.32. The summed E-state index contributed by atoms with van der Waals surface area (Å²) in [7, 11) is 0. The van der Waals surface area contributed by atoms with Gasteiger partial charge in [0, 0.05) is 6.61 Å². The van der Waals surface area contributed by atoms with Gasteiger partial charge in [-0.3, -0.25) is 0 Å². The molecule has 0 aromatic heterocycles. The molecule has 1 nitrogen and oxygen atoms in total. The molecular weight excluding hydrogens is 160 g/mol. The fraction of sp³-hybridized carbons (Fsp3) is 0.500. The predicted octanol–water partition coefficient (Wildman–Crippen LogP) is 3.31. The fourth-order valence-corrected chi connectivity index (χ4v) is 1.20. The fourth-order valence-electron chi connectivity index (χ4n) is 1.20. The van der Waals surface area contributed by atoms with Gasteiger partial charge in [0.1, 0.15) is 0 Å². The highest BCUT2D eigenvalue weighted by molar-refractivity contribution is 5.24. The zero-order chi connectivity index (χ0) is 9.52. The molecule has 0 radical (unpaired) electrons. The number of hydrogen-bond acceptors (Lipinski definition) is 1. The molecule has 0 saturated heterocycles. The summed E-state index contributed by atoms with van der Waals surface area (Å²) in [5.74, 6) is 0. The van der Waals surface area contributed by atoms with Crippen molar-refractivity contribution in [3.8, 4) is 0 Å². The zero-order valence-corrected chi connectivity index (χ0v) is 8.55. The van der Waals surface area contributed by atoms with E-state index in [1.54, 1.807) is 0 Å². The quantitative estimate of drug-likeness (QED) is 0.628. The van der Waals surface area contributed by atoms with Gasteiger partial charge in [-0.15, -0.1) is 0 Å². The van der Waals surface area contributed by atoms with E-state index < -0.39 is 0 Å². The third-order valence-electron chi connectivity index (χ3n) is 2.16. The normalized spacial score (nSPS) is 10.3. The molecule has 1 rings (SSSR count). The molecule has 72 valence electrons. The Bertz CT molecular complexity index is 243. The minimum Gasteiger partial charge on any atom is -0.377 e. The van der Waals surface area contributed by atoms with E-state index in [1.807, 2.05) is 0 Å². The molecule has 0 heterocycles. The Morgan fingerprint density at radius 1 is 1.23 bits per heavy atom. The molecule has 1 aromatic rings. The average Bonchev–Trinajstić information content (AvgIpc) is 2.15. The highest BCUT2D eigenvalue weighted by Crippen LogP contribution is 2.08. The van der Waals surface area contributed by atoms with Gasteiger partial charge < -0.3 is 4.74 Å². The van der Waals surface area contributed by atoms with Crippen molar-refractivity contribution in [2.24, 2.45) is 0 Å². The van der Waals surface area contributed by atoms with E-state index in [1.165, 1.54) is 17.5 Å². The molecule has 0 bridgehead atoms. The van der Waals surface area contributed by atoms with Crippen LogP contribution in [0.2, 0.25) is 0 Å². The monoisotopic (exact) mass is 178 g/mol. The summed E-state index contributed by atoms with van der Waals surface area (Å²) in [6, 6.07) is 8.37. The van der Waals surface area contributed by atoms with E-state index in [0.717, 1.165) is 19.6 Å². The van der Waals surface area contributed by atoms with Crippen molar-refractivity contribution in [2.45, 2.75) is 33.3 Å². The SMILES string of the molecule is CCCCOCc1ccccc1C. The van der Waals surface area contributed by atoms with Gasteiger partial charge in [-0.2, -0.15) is 0 Å². The minimum atomic E-state index is 0.757. The molecular formula is C12H18O. The molecule has 0 aliphatic rings. The van der Waals surface area contributed by atoms with E-state index in [4.69, 9.17) is 4.74 Å². The van der Waals surface area contributed by atoms with E-state index in [0.29, 0.717) is 0 Å². The highest BCUT2D eigenvalue weighted by atomic mass is 16.5. The van der Waals surface area contributed by atoms with Gasteiger partial charge in [0.15, 0.2) is 0 Å². The summed E-state index contributed by atoms with van der Waals surface area (Å²) in [5, 5.41) is 0. The van der Waals surface area contributed by atoms with E-state index in [9.17, 15) is 0 Å². The molecule has 0 amide bonds. The van der Waals surface area contributed by atoms with Crippen LogP contribution in [-0.4, -0.2) is 6.61 Å². The van der Waals surface area contributed by atoms with Crippen LogP contribution >= 0.6 is 0 Å². The van der Waals surface area contributed by atoms with Crippen LogP contribution in [0.5, 0.6) is 0 Å². The van der Waals surface area contributed by atoms with Crippen LogP contribution in [0.1, 0.15) is 30.9 Å². The second kappa shape index (κ2) is 5.76. The van der Waals surface area contributed by atoms with Crippen LogP contribution in [0.25, 0.3) is 0 Å². The van der Waals surface area contributed by atoms with Crippen LogP contribution in [0.15, 0.2) is 24.3 Å². The summed E-state index contributed by atoms with van der Waals surface area (Å²) in [6.07, 6.45) is 2.36. The average molecular weight is 178 g/mol. The minimum absolute atomic E-state index is 0.757. The summed E-state index contributed by atoms with van der Waals surface area (Å²) in [4.78, 5) is 0. The number of rotatable bonds is 5. The lowest BCUT2D eigenvalue weighted by Gasteiger charge is -2.05. The molecule has 0 saturated carbocycles. The van der Waals surface area contributed by atoms with Crippen molar-refractivity contribution < 1.29 is 4.74 Å². The standard InChI is InChI=1S/C12H18O/c1-3-4-9-13-10-12-8-6-5-7-11(12)2/h5-8H,3-4,9-10H2,1-2H3. The molecule has 1 heteroatoms. The van der Waals surface area contributed by atoms with Gasteiger partial charge in [0.05, 0.1) is 6.61 Å². The Labute approximate surface area is 80.7 Å². The second-order valence-electron chi connectivity index (χ2n) is 3.33. The van der Waals surface area contributed by atoms with Crippen LogP contribution in [-0.2, 0) is 11.3 Å². The summed E-state index contributed by atoms with van der Waals surface area (Å²) < 4.78 is 5.54.